The van der Waals surface area contributed by atoms with Crippen molar-refractivity contribution in [2.24, 2.45) is 0 Å². The maximum absolute atomic E-state index is 13.2. The van der Waals surface area contributed by atoms with Crippen molar-refractivity contribution in [1.82, 2.24) is 14.4 Å². The normalized spacial score (nSPS) is 25.2. The molecule has 0 spiro atoms. The Hall–Kier alpha value is -2.45. The van der Waals surface area contributed by atoms with Gasteiger partial charge in [0.1, 0.15) is 23.3 Å². The molecule has 4 heterocycles. The summed E-state index contributed by atoms with van der Waals surface area (Å²) in [4.78, 5) is 4.08. The van der Waals surface area contributed by atoms with Gasteiger partial charge < -0.3 is 9.26 Å². The number of fused-ring (bicyclic) bond motifs is 3. The summed E-state index contributed by atoms with van der Waals surface area (Å²) in [6.07, 6.45) is 6.56. The van der Waals surface area contributed by atoms with Gasteiger partial charge in [0, 0.05) is 36.5 Å². The lowest BCUT2D eigenvalue weighted by atomic mass is 10.0. The predicted molar refractivity (Wildman–Crippen MR) is 103 cm³/mol. The van der Waals surface area contributed by atoms with Crippen molar-refractivity contribution < 1.29 is 17.7 Å². The number of piperidine rings is 1. The van der Waals surface area contributed by atoms with Gasteiger partial charge in [0.2, 0.25) is 10.0 Å². The van der Waals surface area contributed by atoms with Gasteiger partial charge in [-0.1, -0.05) is 17.3 Å². The van der Waals surface area contributed by atoms with Crippen molar-refractivity contribution in [1.29, 1.82) is 0 Å². The van der Waals surface area contributed by atoms with Gasteiger partial charge in [0.25, 0.3) is 0 Å². The van der Waals surface area contributed by atoms with Crippen molar-refractivity contribution in [2.75, 3.05) is 0 Å². The standard InChI is InChI=1S/C20H21N3O4S/c24-28(25,13-19-18-5-1-2-6-20(18)27-22-19)23-14-7-8-15(23)11-17(10-14)26-16-4-3-9-21-12-16/h1-6,9,12,14-15,17H,7-8,10-11,13H2. The molecule has 5 rings (SSSR count). The predicted octanol–water partition coefficient (Wildman–Crippen LogP) is 3.13. The second-order valence-electron chi connectivity index (χ2n) is 7.50. The molecule has 0 amide bonds. The van der Waals surface area contributed by atoms with Crippen LogP contribution < -0.4 is 4.74 Å². The van der Waals surface area contributed by atoms with Crippen LogP contribution in [0, 0.1) is 0 Å². The fourth-order valence-electron chi connectivity index (χ4n) is 4.53. The summed E-state index contributed by atoms with van der Waals surface area (Å²) in [6.45, 7) is 0. The highest BCUT2D eigenvalue weighted by atomic mass is 32.2. The maximum atomic E-state index is 13.2. The molecule has 7 nitrogen and oxygen atoms in total. The lowest BCUT2D eigenvalue weighted by Gasteiger charge is -2.37. The second kappa shape index (κ2) is 6.86. The molecule has 2 saturated heterocycles. The maximum Gasteiger partial charge on any atom is 0.220 e. The summed E-state index contributed by atoms with van der Waals surface area (Å²) < 4.78 is 39.5. The van der Waals surface area contributed by atoms with E-state index in [1.165, 1.54) is 0 Å². The largest absolute Gasteiger partial charge is 0.489 e. The topological polar surface area (TPSA) is 85.5 Å². The van der Waals surface area contributed by atoms with Crippen LogP contribution in [0.15, 0.2) is 53.3 Å². The highest BCUT2D eigenvalue weighted by molar-refractivity contribution is 7.88. The SMILES string of the molecule is O=S(=O)(Cc1noc2ccccc12)N1C2CCC1CC(Oc1cccnc1)C2. The molecule has 146 valence electrons. The van der Waals surface area contributed by atoms with E-state index < -0.39 is 10.0 Å². The summed E-state index contributed by atoms with van der Waals surface area (Å²) in [5.41, 5.74) is 1.09. The van der Waals surface area contributed by atoms with Crippen molar-refractivity contribution >= 4 is 21.0 Å². The number of rotatable bonds is 5. The first-order valence-electron chi connectivity index (χ1n) is 9.51. The first-order chi connectivity index (χ1) is 13.6. The molecule has 2 unspecified atom stereocenters. The molecule has 2 fully saturated rings. The molecule has 0 saturated carbocycles. The zero-order chi connectivity index (χ0) is 19.1. The first kappa shape index (κ1) is 17.6. The molecule has 1 aromatic carbocycles. The van der Waals surface area contributed by atoms with E-state index in [1.54, 1.807) is 22.8 Å². The van der Waals surface area contributed by atoms with Gasteiger partial charge in [-0.25, -0.2) is 8.42 Å². The Bertz CT molecular complexity index is 1070. The van der Waals surface area contributed by atoms with E-state index >= 15 is 0 Å². The smallest absolute Gasteiger partial charge is 0.220 e. The molecule has 2 atom stereocenters. The Morgan fingerprint density at radius 3 is 2.64 bits per heavy atom. The van der Waals surface area contributed by atoms with Crippen LogP contribution in [0.1, 0.15) is 31.4 Å². The Labute approximate surface area is 163 Å². The molecule has 0 aliphatic carbocycles. The van der Waals surface area contributed by atoms with Crippen LogP contribution in [0.4, 0.5) is 0 Å². The lowest BCUT2D eigenvalue weighted by molar-refractivity contribution is 0.0952. The number of hydrogen-bond acceptors (Lipinski definition) is 6. The number of sulfonamides is 1. The molecule has 28 heavy (non-hydrogen) atoms. The van der Waals surface area contributed by atoms with Crippen molar-refractivity contribution in [2.45, 2.75) is 49.6 Å². The minimum atomic E-state index is -3.49. The van der Waals surface area contributed by atoms with Crippen LogP contribution in [0.2, 0.25) is 0 Å². The van der Waals surface area contributed by atoms with Gasteiger partial charge >= 0.3 is 0 Å². The highest BCUT2D eigenvalue weighted by Crippen LogP contribution is 2.40. The number of ether oxygens (including phenoxy) is 1. The Balaban J connectivity index is 1.34. The number of para-hydroxylation sites is 1. The molecule has 0 radical (unpaired) electrons. The minimum absolute atomic E-state index is 0.0148. The number of nitrogens with zero attached hydrogens (tertiary/aromatic N) is 3. The minimum Gasteiger partial charge on any atom is -0.489 e. The van der Waals surface area contributed by atoms with E-state index in [2.05, 4.69) is 10.1 Å². The average Bonchev–Trinajstić information content (AvgIpc) is 3.22. The van der Waals surface area contributed by atoms with Crippen LogP contribution in [0.3, 0.4) is 0 Å². The molecular formula is C20H21N3O4S. The van der Waals surface area contributed by atoms with E-state index in [1.807, 2.05) is 30.3 Å². The Kier molecular flexibility index (Phi) is 4.32. The van der Waals surface area contributed by atoms with E-state index in [0.717, 1.165) is 24.0 Å². The fraction of sp³-hybridized carbons (Fsp3) is 0.400. The number of aromatic nitrogens is 2. The molecule has 2 bridgehead atoms. The van der Waals surface area contributed by atoms with Gasteiger partial charge in [-0.15, -0.1) is 0 Å². The fourth-order valence-corrected chi connectivity index (χ4v) is 6.53. The third kappa shape index (κ3) is 3.16. The van der Waals surface area contributed by atoms with E-state index in [4.69, 9.17) is 9.26 Å². The van der Waals surface area contributed by atoms with Crippen LogP contribution in [0.5, 0.6) is 5.75 Å². The van der Waals surface area contributed by atoms with Gasteiger partial charge in [0.15, 0.2) is 5.58 Å². The Morgan fingerprint density at radius 1 is 1.11 bits per heavy atom. The number of benzene rings is 1. The van der Waals surface area contributed by atoms with Gasteiger partial charge in [-0.05, 0) is 37.1 Å². The monoisotopic (exact) mass is 399 g/mol. The zero-order valence-electron chi connectivity index (χ0n) is 15.3. The van der Waals surface area contributed by atoms with Crippen molar-refractivity contribution in [3.8, 4) is 5.75 Å². The van der Waals surface area contributed by atoms with Crippen LogP contribution >= 0.6 is 0 Å². The summed E-state index contributed by atoms with van der Waals surface area (Å²) in [5.74, 6) is 0.600. The molecule has 2 aromatic heterocycles. The number of hydrogen-bond donors (Lipinski definition) is 0. The molecule has 2 aliphatic rings. The van der Waals surface area contributed by atoms with Gasteiger partial charge in [-0.2, -0.15) is 4.31 Å². The number of pyridine rings is 1. The lowest BCUT2D eigenvalue weighted by Crippen LogP contribution is -2.49. The summed E-state index contributed by atoms with van der Waals surface area (Å²) >= 11 is 0. The van der Waals surface area contributed by atoms with Crippen LogP contribution in [-0.4, -0.2) is 41.1 Å². The van der Waals surface area contributed by atoms with Gasteiger partial charge in [0.05, 0.1) is 6.20 Å². The molecule has 0 N–H and O–H groups in total. The van der Waals surface area contributed by atoms with Crippen LogP contribution in [-0.2, 0) is 15.8 Å². The van der Waals surface area contributed by atoms with Crippen molar-refractivity contribution in [3.05, 3.63) is 54.5 Å². The van der Waals surface area contributed by atoms with Gasteiger partial charge in [-0.3, -0.25) is 4.98 Å². The van der Waals surface area contributed by atoms with E-state index in [9.17, 15) is 8.42 Å². The van der Waals surface area contributed by atoms with E-state index in [0.29, 0.717) is 24.1 Å². The summed E-state index contributed by atoms with van der Waals surface area (Å²) in [6, 6.07) is 11.0. The second-order valence-corrected chi connectivity index (χ2v) is 9.37. The quantitative estimate of drug-likeness (QED) is 0.655. The molecular weight excluding hydrogens is 378 g/mol. The van der Waals surface area contributed by atoms with Crippen molar-refractivity contribution in [3.63, 3.8) is 0 Å². The molecule has 2 aliphatic heterocycles. The Morgan fingerprint density at radius 2 is 1.89 bits per heavy atom. The third-order valence-electron chi connectivity index (χ3n) is 5.65. The van der Waals surface area contributed by atoms with E-state index in [-0.39, 0.29) is 23.9 Å². The molecule has 3 aromatic rings. The third-order valence-corrected chi connectivity index (χ3v) is 7.53. The van der Waals surface area contributed by atoms with Crippen LogP contribution in [0.25, 0.3) is 11.0 Å². The highest BCUT2D eigenvalue weighted by Gasteiger charge is 2.47. The first-order valence-corrected chi connectivity index (χ1v) is 11.1. The summed E-state index contributed by atoms with van der Waals surface area (Å²) in [5, 5.41) is 4.76. The molecule has 8 heteroatoms. The average molecular weight is 399 g/mol. The zero-order valence-corrected chi connectivity index (χ0v) is 16.1. The summed E-state index contributed by atoms with van der Waals surface area (Å²) in [7, 11) is -3.49.